The lowest BCUT2D eigenvalue weighted by Crippen LogP contribution is -2.50. The summed E-state index contributed by atoms with van der Waals surface area (Å²) in [5, 5.41) is 0.487. The number of halogens is 2. The van der Waals surface area contributed by atoms with Crippen LogP contribution in [0.25, 0.3) is 0 Å². The molecule has 3 rings (SSSR count). The van der Waals surface area contributed by atoms with Crippen LogP contribution in [0, 0.1) is 0 Å². The van der Waals surface area contributed by atoms with Gasteiger partial charge >= 0.3 is 0 Å². The molecule has 0 saturated carbocycles. The quantitative estimate of drug-likeness (QED) is 0.810. The Morgan fingerprint density at radius 1 is 1.12 bits per heavy atom. The van der Waals surface area contributed by atoms with Crippen LogP contribution in [0.1, 0.15) is 10.5 Å². The SMILES string of the molecule is O=C(c1cc(Br)c[nH]1)N1CCN(S(=O)(=O)c2ccc(Cl)cc2)CC1. The van der Waals surface area contributed by atoms with Crippen molar-refractivity contribution < 1.29 is 13.2 Å². The van der Waals surface area contributed by atoms with Crippen LogP contribution < -0.4 is 0 Å². The van der Waals surface area contributed by atoms with Gasteiger partial charge in [-0.1, -0.05) is 11.6 Å². The Morgan fingerprint density at radius 2 is 1.75 bits per heavy atom. The van der Waals surface area contributed by atoms with Gasteiger partial charge in [-0.25, -0.2) is 8.42 Å². The van der Waals surface area contributed by atoms with E-state index in [1.54, 1.807) is 29.3 Å². The highest BCUT2D eigenvalue weighted by Crippen LogP contribution is 2.20. The van der Waals surface area contributed by atoms with Crippen molar-refractivity contribution in [2.24, 2.45) is 0 Å². The van der Waals surface area contributed by atoms with Crippen molar-refractivity contribution in [2.45, 2.75) is 4.90 Å². The summed E-state index contributed by atoms with van der Waals surface area (Å²) < 4.78 is 27.4. The molecule has 2 heterocycles. The number of benzene rings is 1. The van der Waals surface area contributed by atoms with Gasteiger partial charge in [0, 0.05) is 41.9 Å². The van der Waals surface area contributed by atoms with E-state index in [1.807, 2.05) is 0 Å². The van der Waals surface area contributed by atoms with E-state index in [-0.39, 0.29) is 23.9 Å². The number of aromatic amines is 1. The molecule has 0 radical (unpaired) electrons. The van der Waals surface area contributed by atoms with E-state index in [1.165, 1.54) is 16.4 Å². The third-order valence-corrected chi connectivity index (χ3v) is 6.48. The number of sulfonamides is 1. The summed E-state index contributed by atoms with van der Waals surface area (Å²) in [6.07, 6.45) is 1.69. The second-order valence-corrected chi connectivity index (χ2v) is 8.67. The highest BCUT2D eigenvalue weighted by molar-refractivity contribution is 9.10. The second-order valence-electron chi connectivity index (χ2n) is 5.38. The summed E-state index contributed by atoms with van der Waals surface area (Å²) in [5.41, 5.74) is 0.482. The lowest BCUT2D eigenvalue weighted by atomic mass is 10.3. The van der Waals surface area contributed by atoms with E-state index in [2.05, 4.69) is 20.9 Å². The van der Waals surface area contributed by atoms with Crippen LogP contribution in [-0.4, -0.2) is 54.7 Å². The van der Waals surface area contributed by atoms with Crippen LogP contribution in [0.4, 0.5) is 0 Å². The maximum Gasteiger partial charge on any atom is 0.270 e. The van der Waals surface area contributed by atoms with Crippen LogP contribution >= 0.6 is 27.5 Å². The number of carbonyl (C=O) groups is 1. The molecule has 6 nitrogen and oxygen atoms in total. The third kappa shape index (κ3) is 3.51. The normalized spacial score (nSPS) is 16.3. The molecular weight excluding hydrogens is 418 g/mol. The number of hydrogen-bond donors (Lipinski definition) is 1. The number of nitrogens with zero attached hydrogens (tertiary/aromatic N) is 2. The summed E-state index contributed by atoms with van der Waals surface area (Å²) in [7, 11) is -3.57. The van der Waals surface area contributed by atoms with Gasteiger partial charge in [0.2, 0.25) is 10.0 Å². The van der Waals surface area contributed by atoms with Crippen LogP contribution in [0.3, 0.4) is 0 Å². The Bertz CT molecular complexity index is 843. The topological polar surface area (TPSA) is 73.5 Å². The number of aromatic nitrogens is 1. The van der Waals surface area contributed by atoms with E-state index in [9.17, 15) is 13.2 Å². The van der Waals surface area contributed by atoms with Crippen molar-refractivity contribution in [1.29, 1.82) is 0 Å². The molecular formula is C15H15BrClN3O3S. The molecule has 1 N–H and O–H groups in total. The van der Waals surface area contributed by atoms with Gasteiger partial charge in [-0.15, -0.1) is 0 Å². The van der Waals surface area contributed by atoms with Crippen molar-refractivity contribution in [3.8, 4) is 0 Å². The molecule has 1 aliphatic heterocycles. The molecule has 0 atom stereocenters. The molecule has 0 unspecified atom stereocenters. The Labute approximate surface area is 153 Å². The Balaban J connectivity index is 1.68. The maximum atomic E-state index is 12.6. The zero-order chi connectivity index (χ0) is 17.3. The molecule has 1 amide bonds. The number of H-pyrrole nitrogens is 1. The minimum Gasteiger partial charge on any atom is -0.356 e. The lowest BCUT2D eigenvalue weighted by Gasteiger charge is -2.33. The van der Waals surface area contributed by atoms with Gasteiger partial charge in [-0.05, 0) is 46.3 Å². The zero-order valence-corrected chi connectivity index (χ0v) is 15.7. The first-order valence-electron chi connectivity index (χ1n) is 7.27. The third-order valence-electron chi connectivity index (χ3n) is 3.86. The van der Waals surface area contributed by atoms with Crippen LogP contribution in [0.2, 0.25) is 5.02 Å². The van der Waals surface area contributed by atoms with Crippen molar-refractivity contribution in [2.75, 3.05) is 26.2 Å². The average Bonchev–Trinajstić information content (AvgIpc) is 3.01. The fourth-order valence-corrected chi connectivity index (χ4v) is 4.44. The van der Waals surface area contributed by atoms with Crippen molar-refractivity contribution in [3.63, 3.8) is 0 Å². The lowest BCUT2D eigenvalue weighted by molar-refractivity contribution is 0.0692. The summed E-state index contributed by atoms with van der Waals surface area (Å²) in [5.74, 6) is -0.135. The molecule has 2 aromatic rings. The molecule has 1 aliphatic rings. The monoisotopic (exact) mass is 431 g/mol. The number of amides is 1. The summed E-state index contributed by atoms with van der Waals surface area (Å²) in [4.78, 5) is 17.1. The Morgan fingerprint density at radius 3 is 2.29 bits per heavy atom. The largest absolute Gasteiger partial charge is 0.356 e. The number of hydrogen-bond acceptors (Lipinski definition) is 3. The molecule has 1 fully saturated rings. The van der Waals surface area contributed by atoms with Crippen LogP contribution in [0.5, 0.6) is 0 Å². The first-order chi connectivity index (χ1) is 11.4. The molecule has 0 spiro atoms. The van der Waals surface area contributed by atoms with Gasteiger partial charge in [-0.3, -0.25) is 4.79 Å². The number of nitrogens with one attached hydrogen (secondary N) is 1. The minimum absolute atomic E-state index is 0.135. The first kappa shape index (κ1) is 17.5. The highest BCUT2D eigenvalue weighted by atomic mass is 79.9. The van der Waals surface area contributed by atoms with Gasteiger partial charge in [0.05, 0.1) is 4.90 Å². The molecule has 24 heavy (non-hydrogen) atoms. The Hall–Kier alpha value is -1.35. The summed E-state index contributed by atoms with van der Waals surface area (Å²) in [6.45, 7) is 1.22. The van der Waals surface area contributed by atoms with Gasteiger partial charge in [0.15, 0.2) is 0 Å². The molecule has 1 aromatic heterocycles. The van der Waals surface area contributed by atoms with Gasteiger partial charge < -0.3 is 9.88 Å². The minimum atomic E-state index is -3.57. The van der Waals surface area contributed by atoms with E-state index < -0.39 is 10.0 Å². The number of carbonyl (C=O) groups excluding carboxylic acids is 1. The first-order valence-corrected chi connectivity index (χ1v) is 9.88. The fourth-order valence-electron chi connectivity index (χ4n) is 2.55. The molecule has 0 aliphatic carbocycles. The van der Waals surface area contributed by atoms with Gasteiger partial charge in [-0.2, -0.15) is 4.31 Å². The Kier molecular flexibility index (Phi) is 5.00. The summed E-state index contributed by atoms with van der Waals surface area (Å²) >= 11 is 9.09. The average molecular weight is 433 g/mol. The molecule has 1 aromatic carbocycles. The predicted octanol–water partition coefficient (Wildman–Crippen LogP) is 2.58. The van der Waals surface area contributed by atoms with Crippen LogP contribution in [-0.2, 0) is 10.0 Å². The molecule has 9 heteroatoms. The van der Waals surface area contributed by atoms with Crippen LogP contribution in [0.15, 0.2) is 45.9 Å². The highest BCUT2D eigenvalue weighted by Gasteiger charge is 2.30. The fraction of sp³-hybridized carbons (Fsp3) is 0.267. The smallest absolute Gasteiger partial charge is 0.270 e. The van der Waals surface area contributed by atoms with E-state index in [0.717, 1.165) is 4.47 Å². The standard InChI is InChI=1S/C15H15BrClN3O3S/c16-11-9-14(18-10-11)15(21)19-5-7-20(8-6-19)24(22,23)13-3-1-12(17)2-4-13/h1-4,9-10,18H,5-8H2. The predicted molar refractivity (Wildman–Crippen MR) is 94.6 cm³/mol. The van der Waals surface area contributed by atoms with Crippen molar-refractivity contribution in [1.82, 2.24) is 14.2 Å². The maximum absolute atomic E-state index is 12.6. The van der Waals surface area contributed by atoms with E-state index in [0.29, 0.717) is 23.8 Å². The number of rotatable bonds is 3. The van der Waals surface area contributed by atoms with Gasteiger partial charge in [0.25, 0.3) is 5.91 Å². The summed E-state index contributed by atoms with van der Waals surface area (Å²) in [6, 6.07) is 7.80. The van der Waals surface area contributed by atoms with Crippen molar-refractivity contribution >= 4 is 43.5 Å². The second kappa shape index (κ2) is 6.87. The number of piperazine rings is 1. The molecule has 1 saturated heterocycles. The van der Waals surface area contributed by atoms with Gasteiger partial charge in [0.1, 0.15) is 5.69 Å². The van der Waals surface area contributed by atoms with E-state index in [4.69, 9.17) is 11.6 Å². The molecule has 128 valence electrons. The van der Waals surface area contributed by atoms with Crippen molar-refractivity contribution in [3.05, 3.63) is 51.7 Å². The van der Waals surface area contributed by atoms with E-state index >= 15 is 0 Å². The molecule has 0 bridgehead atoms. The zero-order valence-electron chi connectivity index (χ0n) is 12.6.